The molecular formula is C12H12N2O4. The van der Waals surface area contributed by atoms with Gasteiger partial charge in [0.2, 0.25) is 5.75 Å². The maximum atomic E-state index is 11.5. The summed E-state index contributed by atoms with van der Waals surface area (Å²) in [5, 5.41) is 9.18. The van der Waals surface area contributed by atoms with Gasteiger partial charge < -0.3 is 19.6 Å². The van der Waals surface area contributed by atoms with Gasteiger partial charge in [0.1, 0.15) is 5.75 Å². The maximum Gasteiger partial charge on any atom is 0.297 e. The van der Waals surface area contributed by atoms with E-state index in [1.807, 2.05) is 0 Å². The highest BCUT2D eigenvalue weighted by atomic mass is 16.5. The molecule has 94 valence electrons. The van der Waals surface area contributed by atoms with Crippen molar-refractivity contribution in [2.45, 2.75) is 6.61 Å². The van der Waals surface area contributed by atoms with Gasteiger partial charge in [-0.15, -0.1) is 0 Å². The van der Waals surface area contributed by atoms with E-state index in [2.05, 4.69) is 9.97 Å². The lowest BCUT2D eigenvalue weighted by Gasteiger charge is -2.10. The Balaban J connectivity index is 2.40. The van der Waals surface area contributed by atoms with Crippen molar-refractivity contribution in [3.8, 4) is 17.4 Å². The Morgan fingerprint density at radius 2 is 2.17 bits per heavy atom. The minimum absolute atomic E-state index is 0.00903. The number of aliphatic hydroxyl groups is 1. The van der Waals surface area contributed by atoms with E-state index < -0.39 is 5.56 Å². The molecule has 0 spiro atoms. The molecule has 1 heterocycles. The molecule has 0 radical (unpaired) electrons. The summed E-state index contributed by atoms with van der Waals surface area (Å²) in [7, 11) is 1.36. The molecule has 2 N–H and O–H groups in total. The number of H-pyrrole nitrogens is 1. The van der Waals surface area contributed by atoms with Gasteiger partial charge in [-0.25, -0.2) is 4.98 Å². The highest BCUT2D eigenvalue weighted by Crippen LogP contribution is 2.27. The average molecular weight is 248 g/mol. The van der Waals surface area contributed by atoms with Gasteiger partial charge in [0.15, 0.2) is 0 Å². The van der Waals surface area contributed by atoms with Gasteiger partial charge in [-0.3, -0.25) is 4.79 Å². The number of hydrogen-bond acceptors (Lipinski definition) is 5. The maximum absolute atomic E-state index is 11.5. The molecule has 6 nitrogen and oxygen atoms in total. The molecule has 0 aliphatic rings. The largest absolute Gasteiger partial charge is 0.487 e. The molecule has 18 heavy (non-hydrogen) atoms. The van der Waals surface area contributed by atoms with Gasteiger partial charge in [0.05, 0.1) is 20.0 Å². The minimum atomic E-state index is -0.427. The fraction of sp³-hybridized carbons (Fsp3) is 0.167. The molecule has 0 bridgehead atoms. The zero-order chi connectivity index (χ0) is 13.0. The van der Waals surface area contributed by atoms with Crippen molar-refractivity contribution < 1.29 is 14.6 Å². The molecule has 0 saturated carbocycles. The number of rotatable bonds is 4. The van der Waals surface area contributed by atoms with Crippen LogP contribution in [0.1, 0.15) is 5.56 Å². The second-order valence-electron chi connectivity index (χ2n) is 3.44. The van der Waals surface area contributed by atoms with Crippen LogP contribution in [-0.2, 0) is 6.61 Å². The number of hydrogen-bond donors (Lipinski definition) is 2. The summed E-state index contributed by atoms with van der Waals surface area (Å²) in [6.07, 6.45) is 1.22. The van der Waals surface area contributed by atoms with Gasteiger partial charge in [-0.1, -0.05) is 18.2 Å². The van der Waals surface area contributed by atoms with Crippen LogP contribution in [0.3, 0.4) is 0 Å². The molecule has 0 fully saturated rings. The summed E-state index contributed by atoms with van der Waals surface area (Å²) < 4.78 is 10.4. The second kappa shape index (κ2) is 5.33. The fourth-order valence-corrected chi connectivity index (χ4v) is 1.46. The normalized spacial score (nSPS) is 10.1. The van der Waals surface area contributed by atoms with Gasteiger partial charge >= 0.3 is 0 Å². The third-order valence-corrected chi connectivity index (χ3v) is 2.33. The number of nitrogens with one attached hydrogen (secondary N) is 1. The van der Waals surface area contributed by atoms with Crippen LogP contribution in [0.25, 0.3) is 0 Å². The fourth-order valence-electron chi connectivity index (χ4n) is 1.46. The summed E-state index contributed by atoms with van der Waals surface area (Å²) in [5.41, 5.74) is 0.172. The molecule has 2 rings (SSSR count). The Hall–Kier alpha value is -2.34. The van der Waals surface area contributed by atoms with Gasteiger partial charge in [0.25, 0.3) is 11.4 Å². The number of aromatic amines is 1. The molecule has 0 aliphatic heterocycles. The quantitative estimate of drug-likeness (QED) is 0.845. The van der Waals surface area contributed by atoms with Crippen LogP contribution in [0, 0.1) is 0 Å². The first-order valence-electron chi connectivity index (χ1n) is 5.24. The monoisotopic (exact) mass is 248 g/mol. The smallest absolute Gasteiger partial charge is 0.297 e. The Morgan fingerprint density at radius 3 is 2.89 bits per heavy atom. The average Bonchev–Trinajstić information content (AvgIpc) is 2.40. The predicted molar refractivity (Wildman–Crippen MR) is 63.8 cm³/mol. The number of benzene rings is 1. The van der Waals surface area contributed by atoms with E-state index in [9.17, 15) is 9.90 Å². The van der Waals surface area contributed by atoms with Gasteiger partial charge in [0, 0.05) is 5.56 Å². The van der Waals surface area contributed by atoms with E-state index in [-0.39, 0.29) is 18.2 Å². The van der Waals surface area contributed by atoms with E-state index in [1.165, 1.54) is 13.4 Å². The third kappa shape index (κ3) is 2.33. The van der Waals surface area contributed by atoms with E-state index >= 15 is 0 Å². The standard InChI is InChI=1S/C12H12N2O4/c1-17-10-11(16)13-7-14-12(10)18-9-5-3-2-4-8(9)6-15/h2-5,7,15H,6H2,1H3,(H,13,14,16). The predicted octanol–water partition coefficient (Wildman–Crippen LogP) is 1.06. The highest BCUT2D eigenvalue weighted by Gasteiger charge is 2.12. The summed E-state index contributed by atoms with van der Waals surface area (Å²) in [6, 6.07) is 6.93. The molecule has 1 aromatic heterocycles. The molecular weight excluding hydrogens is 236 g/mol. The van der Waals surface area contributed by atoms with Gasteiger partial charge in [-0.05, 0) is 6.07 Å². The Labute approximate surface area is 103 Å². The molecule has 2 aromatic rings. The topological polar surface area (TPSA) is 84.4 Å². The van der Waals surface area contributed by atoms with Crippen molar-refractivity contribution in [2.24, 2.45) is 0 Å². The van der Waals surface area contributed by atoms with Crippen LogP contribution in [0.5, 0.6) is 17.4 Å². The molecule has 0 aliphatic carbocycles. The van der Waals surface area contributed by atoms with Crippen LogP contribution < -0.4 is 15.0 Å². The van der Waals surface area contributed by atoms with E-state index in [4.69, 9.17) is 9.47 Å². The van der Waals surface area contributed by atoms with Crippen molar-refractivity contribution in [2.75, 3.05) is 7.11 Å². The molecule has 1 aromatic carbocycles. The van der Waals surface area contributed by atoms with E-state index in [0.717, 1.165) is 0 Å². The lowest BCUT2D eigenvalue weighted by atomic mass is 10.2. The van der Waals surface area contributed by atoms with Crippen molar-refractivity contribution in [1.29, 1.82) is 0 Å². The van der Waals surface area contributed by atoms with Gasteiger partial charge in [-0.2, -0.15) is 0 Å². The first-order valence-corrected chi connectivity index (χ1v) is 5.24. The number of aromatic nitrogens is 2. The SMILES string of the molecule is COc1c(Oc2ccccc2CO)nc[nH]c1=O. The first kappa shape index (κ1) is 12.1. The summed E-state index contributed by atoms with van der Waals surface area (Å²) in [5.74, 6) is 0.476. The van der Waals surface area contributed by atoms with E-state index in [0.29, 0.717) is 11.3 Å². The lowest BCUT2D eigenvalue weighted by molar-refractivity contribution is 0.275. The third-order valence-electron chi connectivity index (χ3n) is 2.33. The Bertz CT molecular complexity index is 595. The number of aliphatic hydroxyl groups excluding tert-OH is 1. The van der Waals surface area contributed by atoms with Crippen molar-refractivity contribution in [1.82, 2.24) is 9.97 Å². The van der Waals surface area contributed by atoms with Crippen LogP contribution >= 0.6 is 0 Å². The zero-order valence-electron chi connectivity index (χ0n) is 9.71. The van der Waals surface area contributed by atoms with Crippen molar-refractivity contribution in [3.63, 3.8) is 0 Å². The number of para-hydroxylation sites is 1. The minimum Gasteiger partial charge on any atom is -0.487 e. The summed E-state index contributed by atoms with van der Waals surface area (Å²) in [4.78, 5) is 17.7. The van der Waals surface area contributed by atoms with Crippen LogP contribution in [0.2, 0.25) is 0 Å². The van der Waals surface area contributed by atoms with Crippen LogP contribution in [0.15, 0.2) is 35.4 Å². The molecule has 0 atom stereocenters. The highest BCUT2D eigenvalue weighted by molar-refractivity contribution is 5.39. The van der Waals surface area contributed by atoms with Crippen LogP contribution in [0.4, 0.5) is 0 Å². The number of nitrogens with zero attached hydrogens (tertiary/aromatic N) is 1. The summed E-state index contributed by atoms with van der Waals surface area (Å²) in [6.45, 7) is -0.165. The zero-order valence-corrected chi connectivity index (χ0v) is 9.71. The lowest BCUT2D eigenvalue weighted by Crippen LogP contribution is -2.11. The van der Waals surface area contributed by atoms with Crippen molar-refractivity contribution in [3.05, 3.63) is 46.5 Å². The Morgan fingerprint density at radius 1 is 1.39 bits per heavy atom. The Kier molecular flexibility index (Phi) is 3.59. The number of methoxy groups -OCH3 is 1. The molecule has 0 saturated heterocycles. The van der Waals surface area contributed by atoms with E-state index in [1.54, 1.807) is 24.3 Å². The molecule has 0 amide bonds. The molecule has 0 unspecified atom stereocenters. The molecule has 6 heteroatoms. The first-order chi connectivity index (χ1) is 8.76. The second-order valence-corrected chi connectivity index (χ2v) is 3.44. The summed E-state index contributed by atoms with van der Waals surface area (Å²) >= 11 is 0. The van der Waals surface area contributed by atoms with Crippen molar-refractivity contribution >= 4 is 0 Å². The van der Waals surface area contributed by atoms with Crippen LogP contribution in [-0.4, -0.2) is 22.2 Å². The number of ether oxygens (including phenoxy) is 2.